The first kappa shape index (κ1) is 16.4. The average molecular weight is 312 g/mol. The molecule has 2 heteroatoms. The molecule has 1 fully saturated rings. The van der Waals surface area contributed by atoms with E-state index in [0.29, 0.717) is 0 Å². The van der Waals surface area contributed by atoms with Crippen LogP contribution < -0.4 is 0 Å². The van der Waals surface area contributed by atoms with E-state index in [-0.39, 0.29) is 40.8 Å². The quantitative estimate of drug-likeness (QED) is 0.849. The van der Waals surface area contributed by atoms with Crippen molar-refractivity contribution < 1.29 is 9.90 Å². The molecule has 6 atom stereocenters. The molecule has 0 saturated heterocycles. The third-order valence-corrected chi connectivity index (χ3v) is 5.98. The first-order valence-electron chi connectivity index (χ1n) is 8.78. The Balaban J connectivity index is 1.76. The van der Waals surface area contributed by atoms with Crippen LogP contribution in [-0.2, 0) is 4.79 Å². The highest BCUT2D eigenvalue weighted by Gasteiger charge is 2.53. The molecule has 1 N–H and O–H groups in total. The van der Waals surface area contributed by atoms with Crippen LogP contribution in [0.15, 0.2) is 42.5 Å². The Morgan fingerprint density at radius 3 is 2.43 bits per heavy atom. The van der Waals surface area contributed by atoms with Gasteiger partial charge in [-0.25, -0.2) is 0 Å². The van der Waals surface area contributed by atoms with Gasteiger partial charge in [-0.15, -0.1) is 0 Å². The molecule has 0 aromatic heterocycles. The van der Waals surface area contributed by atoms with E-state index in [1.54, 1.807) is 0 Å². The van der Waals surface area contributed by atoms with Crippen LogP contribution >= 0.6 is 0 Å². The normalized spacial score (nSPS) is 38.8. The smallest absolute Gasteiger partial charge is 0.142 e. The van der Waals surface area contributed by atoms with Crippen LogP contribution in [0, 0.1) is 29.1 Å². The Morgan fingerprint density at radius 2 is 1.83 bits per heavy atom. The highest BCUT2D eigenvalue weighted by Crippen LogP contribution is 2.50. The molecule has 0 heterocycles. The van der Waals surface area contributed by atoms with Gasteiger partial charge in [0.25, 0.3) is 0 Å². The topological polar surface area (TPSA) is 37.3 Å². The van der Waals surface area contributed by atoms with Crippen molar-refractivity contribution in [1.29, 1.82) is 0 Å². The number of allylic oxidation sites excluding steroid dienone is 2. The van der Waals surface area contributed by atoms with Crippen molar-refractivity contribution in [2.45, 2.75) is 46.1 Å². The second kappa shape index (κ2) is 5.90. The van der Waals surface area contributed by atoms with Gasteiger partial charge >= 0.3 is 0 Å². The molecule has 2 aliphatic rings. The average Bonchev–Trinajstić information content (AvgIpc) is 2.51. The molecule has 124 valence electrons. The summed E-state index contributed by atoms with van der Waals surface area (Å²) in [5, 5.41) is 10.7. The maximum Gasteiger partial charge on any atom is 0.142 e. The molecule has 0 aliphatic heterocycles. The van der Waals surface area contributed by atoms with Gasteiger partial charge in [0, 0.05) is 17.8 Å². The fourth-order valence-electron chi connectivity index (χ4n) is 4.50. The lowest BCUT2D eigenvalue weighted by Crippen LogP contribution is -2.54. The molecule has 0 amide bonds. The lowest BCUT2D eigenvalue weighted by molar-refractivity contribution is -0.147. The van der Waals surface area contributed by atoms with Crippen LogP contribution in [0.2, 0.25) is 0 Å². The predicted molar refractivity (Wildman–Crippen MR) is 93.0 cm³/mol. The summed E-state index contributed by atoms with van der Waals surface area (Å²) in [6.45, 7) is 8.60. The van der Waals surface area contributed by atoms with Crippen LogP contribution in [-0.4, -0.2) is 17.0 Å². The van der Waals surface area contributed by atoms with Crippen molar-refractivity contribution >= 4 is 5.78 Å². The molecule has 0 bridgehead atoms. The summed E-state index contributed by atoms with van der Waals surface area (Å²) < 4.78 is 0. The second-order valence-electron chi connectivity index (χ2n) is 8.23. The standard InChI is InChI=1S/C21H28O2/c1-13-10-11-21(3,4)12-16(13)19(22)18-14(2)17(20(18)23)15-8-6-5-7-9-15/h5-11,13-14,16-18,20,23H,12H2,1-4H3. The molecule has 1 aromatic carbocycles. The van der Waals surface area contributed by atoms with Gasteiger partial charge in [-0.05, 0) is 29.2 Å². The van der Waals surface area contributed by atoms with E-state index in [1.807, 2.05) is 18.2 Å². The monoisotopic (exact) mass is 312 g/mol. The van der Waals surface area contributed by atoms with Crippen molar-refractivity contribution in [3.8, 4) is 0 Å². The van der Waals surface area contributed by atoms with E-state index in [1.165, 1.54) is 0 Å². The van der Waals surface area contributed by atoms with Crippen molar-refractivity contribution in [3.05, 3.63) is 48.0 Å². The molecule has 2 nitrogen and oxygen atoms in total. The highest BCUT2D eigenvalue weighted by molar-refractivity contribution is 5.86. The summed E-state index contributed by atoms with van der Waals surface area (Å²) in [4.78, 5) is 13.1. The Kier molecular flexibility index (Phi) is 4.22. The van der Waals surface area contributed by atoms with Gasteiger partial charge in [0.2, 0.25) is 0 Å². The van der Waals surface area contributed by atoms with E-state index in [0.717, 1.165) is 12.0 Å². The summed E-state index contributed by atoms with van der Waals surface area (Å²) in [6.07, 6.45) is 4.75. The van der Waals surface area contributed by atoms with Crippen LogP contribution in [0.25, 0.3) is 0 Å². The third kappa shape index (κ3) is 2.89. The number of hydrogen-bond donors (Lipinski definition) is 1. The maximum atomic E-state index is 13.1. The van der Waals surface area contributed by atoms with Gasteiger partial charge in [0.1, 0.15) is 5.78 Å². The highest BCUT2D eigenvalue weighted by atomic mass is 16.3. The Hall–Kier alpha value is -1.41. The Labute approximate surface area is 139 Å². The maximum absolute atomic E-state index is 13.1. The number of hydrogen-bond acceptors (Lipinski definition) is 2. The lowest BCUT2D eigenvalue weighted by Gasteiger charge is -2.49. The number of ketones is 1. The van der Waals surface area contributed by atoms with Gasteiger partial charge < -0.3 is 5.11 Å². The first-order valence-corrected chi connectivity index (χ1v) is 8.78. The molecular formula is C21H28O2. The van der Waals surface area contributed by atoms with Gasteiger partial charge in [-0.1, -0.05) is 70.2 Å². The van der Waals surface area contributed by atoms with E-state index >= 15 is 0 Å². The van der Waals surface area contributed by atoms with Gasteiger partial charge in [0.05, 0.1) is 6.10 Å². The Bertz CT molecular complexity index is 592. The molecule has 3 rings (SSSR count). The molecule has 0 radical (unpaired) electrons. The Morgan fingerprint density at radius 1 is 1.17 bits per heavy atom. The zero-order chi connectivity index (χ0) is 16.8. The summed E-state index contributed by atoms with van der Waals surface area (Å²) in [5.74, 6) is 0.658. The van der Waals surface area contributed by atoms with E-state index in [4.69, 9.17) is 0 Å². The van der Waals surface area contributed by atoms with E-state index < -0.39 is 6.10 Å². The molecule has 6 unspecified atom stereocenters. The van der Waals surface area contributed by atoms with Gasteiger partial charge in [0.15, 0.2) is 0 Å². The minimum Gasteiger partial charge on any atom is -0.392 e. The van der Waals surface area contributed by atoms with Crippen LogP contribution in [0.1, 0.15) is 45.6 Å². The first-order chi connectivity index (χ1) is 10.8. The van der Waals surface area contributed by atoms with Gasteiger partial charge in [-0.2, -0.15) is 0 Å². The van der Waals surface area contributed by atoms with Crippen LogP contribution in [0.3, 0.4) is 0 Å². The number of Topliss-reactive ketones (excluding diaryl/α,β-unsaturated/α-hetero) is 1. The zero-order valence-electron chi connectivity index (χ0n) is 14.6. The number of aliphatic hydroxyl groups excluding tert-OH is 1. The number of aliphatic hydroxyl groups is 1. The fourth-order valence-corrected chi connectivity index (χ4v) is 4.50. The summed E-state index contributed by atoms with van der Waals surface area (Å²) in [7, 11) is 0. The van der Waals surface area contributed by atoms with Crippen molar-refractivity contribution in [1.82, 2.24) is 0 Å². The number of rotatable bonds is 3. The van der Waals surface area contributed by atoms with Crippen LogP contribution in [0.4, 0.5) is 0 Å². The lowest BCUT2D eigenvalue weighted by atomic mass is 9.56. The number of carbonyl (C=O) groups excluding carboxylic acids is 1. The summed E-state index contributed by atoms with van der Waals surface area (Å²) in [6, 6.07) is 10.1. The van der Waals surface area contributed by atoms with E-state index in [9.17, 15) is 9.90 Å². The van der Waals surface area contributed by atoms with Crippen molar-refractivity contribution in [3.63, 3.8) is 0 Å². The SMILES string of the molecule is CC1C=CC(C)(C)CC1C(=O)C1C(C)C(c2ccccc2)C1O. The van der Waals surface area contributed by atoms with Crippen LogP contribution in [0.5, 0.6) is 0 Å². The molecule has 1 saturated carbocycles. The summed E-state index contributed by atoms with van der Waals surface area (Å²) >= 11 is 0. The predicted octanol–water partition coefficient (Wildman–Crippen LogP) is 4.20. The molecule has 0 spiro atoms. The largest absolute Gasteiger partial charge is 0.392 e. The third-order valence-electron chi connectivity index (χ3n) is 5.98. The summed E-state index contributed by atoms with van der Waals surface area (Å²) in [5.41, 5.74) is 1.22. The van der Waals surface area contributed by atoms with Crippen molar-refractivity contribution in [2.24, 2.45) is 29.1 Å². The zero-order valence-corrected chi connectivity index (χ0v) is 14.6. The second-order valence-corrected chi connectivity index (χ2v) is 8.23. The molecular weight excluding hydrogens is 284 g/mol. The van der Waals surface area contributed by atoms with E-state index in [2.05, 4.69) is 52.0 Å². The number of benzene rings is 1. The fraction of sp³-hybridized carbons (Fsp3) is 0.571. The van der Waals surface area contributed by atoms with Crippen molar-refractivity contribution in [2.75, 3.05) is 0 Å². The minimum absolute atomic E-state index is 0.0359. The molecule has 2 aliphatic carbocycles. The van der Waals surface area contributed by atoms with Gasteiger partial charge in [-0.3, -0.25) is 4.79 Å². The molecule has 23 heavy (non-hydrogen) atoms. The number of carbonyl (C=O) groups is 1. The minimum atomic E-state index is -0.541. The molecule has 1 aromatic rings.